The number of ether oxygens (including phenoxy) is 2. The van der Waals surface area contributed by atoms with Gasteiger partial charge in [-0.05, 0) is 32.6 Å². The Bertz CT molecular complexity index is 321. The van der Waals surface area contributed by atoms with Gasteiger partial charge in [0.15, 0.2) is 0 Å². The molecular formula is C16H30N2O3. The molecule has 0 unspecified atom stereocenters. The van der Waals surface area contributed by atoms with Gasteiger partial charge in [0, 0.05) is 31.7 Å². The van der Waals surface area contributed by atoms with Crippen LogP contribution in [0, 0.1) is 0 Å². The summed E-state index contributed by atoms with van der Waals surface area (Å²) in [5, 5.41) is 0. The van der Waals surface area contributed by atoms with Crippen LogP contribution in [0.2, 0.25) is 0 Å². The fourth-order valence-electron chi connectivity index (χ4n) is 3.36. The van der Waals surface area contributed by atoms with E-state index in [4.69, 9.17) is 15.2 Å². The normalized spacial score (nSPS) is 22.7. The molecule has 2 N–H and O–H groups in total. The van der Waals surface area contributed by atoms with Gasteiger partial charge in [0.1, 0.15) is 0 Å². The number of piperidine rings is 1. The Morgan fingerprint density at radius 3 is 2.52 bits per heavy atom. The highest BCUT2D eigenvalue weighted by molar-refractivity contribution is 5.77. The molecule has 0 aromatic carbocycles. The van der Waals surface area contributed by atoms with Gasteiger partial charge in [-0.2, -0.15) is 0 Å². The van der Waals surface area contributed by atoms with E-state index in [9.17, 15) is 4.79 Å². The summed E-state index contributed by atoms with van der Waals surface area (Å²) in [6.07, 6.45) is 6.96. The van der Waals surface area contributed by atoms with Crippen molar-refractivity contribution in [2.75, 3.05) is 32.9 Å². The molecule has 0 bridgehead atoms. The van der Waals surface area contributed by atoms with E-state index in [1.807, 2.05) is 11.8 Å². The lowest BCUT2D eigenvalue weighted by Crippen LogP contribution is -2.47. The van der Waals surface area contributed by atoms with Gasteiger partial charge in [0.2, 0.25) is 5.91 Å². The number of carbonyl (C=O) groups is 1. The maximum absolute atomic E-state index is 12.4. The minimum Gasteiger partial charge on any atom is -0.379 e. The third-order valence-electron chi connectivity index (χ3n) is 4.68. The van der Waals surface area contributed by atoms with E-state index in [1.54, 1.807) is 0 Å². The molecular weight excluding hydrogens is 268 g/mol. The fraction of sp³-hybridized carbons (Fsp3) is 0.938. The zero-order chi connectivity index (χ0) is 15.1. The highest BCUT2D eigenvalue weighted by atomic mass is 16.5. The van der Waals surface area contributed by atoms with Crippen LogP contribution in [0.15, 0.2) is 0 Å². The second-order valence-corrected chi connectivity index (χ2v) is 6.39. The van der Waals surface area contributed by atoms with Crippen molar-refractivity contribution in [3.05, 3.63) is 0 Å². The standard InChI is InChI=1S/C16H30N2O3/c1-2-20-11-12-21-14-5-9-18(10-6-14)15(19)13-16(17)7-3-4-8-16/h14H,2-13,17H2,1H3. The maximum atomic E-state index is 12.4. The van der Waals surface area contributed by atoms with Crippen molar-refractivity contribution in [1.82, 2.24) is 4.90 Å². The van der Waals surface area contributed by atoms with Crippen molar-refractivity contribution in [3.8, 4) is 0 Å². The topological polar surface area (TPSA) is 64.8 Å². The van der Waals surface area contributed by atoms with Crippen LogP contribution in [0.3, 0.4) is 0 Å². The average molecular weight is 298 g/mol. The van der Waals surface area contributed by atoms with E-state index >= 15 is 0 Å². The Balaban J connectivity index is 1.65. The second-order valence-electron chi connectivity index (χ2n) is 6.39. The molecule has 5 nitrogen and oxygen atoms in total. The van der Waals surface area contributed by atoms with Crippen LogP contribution in [0.25, 0.3) is 0 Å². The van der Waals surface area contributed by atoms with E-state index < -0.39 is 0 Å². The zero-order valence-electron chi connectivity index (χ0n) is 13.3. The summed E-state index contributed by atoms with van der Waals surface area (Å²) in [5.74, 6) is 0.229. The van der Waals surface area contributed by atoms with Crippen molar-refractivity contribution in [1.29, 1.82) is 0 Å². The first-order valence-corrected chi connectivity index (χ1v) is 8.39. The molecule has 0 spiro atoms. The van der Waals surface area contributed by atoms with E-state index in [1.165, 1.54) is 12.8 Å². The zero-order valence-corrected chi connectivity index (χ0v) is 13.3. The highest BCUT2D eigenvalue weighted by Gasteiger charge is 2.34. The second kappa shape index (κ2) is 8.11. The van der Waals surface area contributed by atoms with Crippen molar-refractivity contribution >= 4 is 5.91 Å². The van der Waals surface area contributed by atoms with Crippen LogP contribution < -0.4 is 5.73 Å². The fourth-order valence-corrected chi connectivity index (χ4v) is 3.36. The van der Waals surface area contributed by atoms with Crippen molar-refractivity contribution < 1.29 is 14.3 Å². The molecule has 0 radical (unpaired) electrons. The van der Waals surface area contributed by atoms with Gasteiger partial charge in [-0.25, -0.2) is 0 Å². The number of amides is 1. The molecule has 21 heavy (non-hydrogen) atoms. The summed E-state index contributed by atoms with van der Waals surface area (Å²) in [6.45, 7) is 5.63. The molecule has 122 valence electrons. The molecule has 2 aliphatic rings. The molecule has 0 atom stereocenters. The Kier molecular flexibility index (Phi) is 6.45. The predicted octanol–water partition coefficient (Wildman–Crippen LogP) is 1.69. The van der Waals surface area contributed by atoms with Gasteiger partial charge in [0.25, 0.3) is 0 Å². The van der Waals surface area contributed by atoms with Crippen LogP contribution in [-0.4, -0.2) is 55.4 Å². The first-order chi connectivity index (χ1) is 10.1. The van der Waals surface area contributed by atoms with Gasteiger partial charge in [-0.15, -0.1) is 0 Å². The molecule has 0 aromatic rings. The molecule has 1 saturated heterocycles. The molecule has 5 heteroatoms. The molecule has 2 rings (SSSR count). The Hall–Kier alpha value is -0.650. The van der Waals surface area contributed by atoms with Gasteiger partial charge in [-0.3, -0.25) is 4.79 Å². The summed E-state index contributed by atoms with van der Waals surface area (Å²) in [6, 6.07) is 0. The predicted molar refractivity (Wildman–Crippen MR) is 82.1 cm³/mol. The molecule has 1 heterocycles. The van der Waals surface area contributed by atoms with Crippen LogP contribution >= 0.6 is 0 Å². The Morgan fingerprint density at radius 1 is 1.24 bits per heavy atom. The van der Waals surface area contributed by atoms with Crippen molar-refractivity contribution in [3.63, 3.8) is 0 Å². The maximum Gasteiger partial charge on any atom is 0.224 e. The number of hydrogen-bond donors (Lipinski definition) is 1. The minimum atomic E-state index is -0.234. The molecule has 2 fully saturated rings. The third-order valence-corrected chi connectivity index (χ3v) is 4.68. The van der Waals surface area contributed by atoms with Gasteiger partial charge in [0.05, 0.1) is 19.3 Å². The van der Waals surface area contributed by atoms with Crippen LogP contribution in [0.4, 0.5) is 0 Å². The van der Waals surface area contributed by atoms with E-state index in [0.717, 1.165) is 45.4 Å². The Morgan fingerprint density at radius 2 is 1.90 bits per heavy atom. The number of rotatable bonds is 7. The quantitative estimate of drug-likeness (QED) is 0.727. The lowest BCUT2D eigenvalue weighted by Gasteiger charge is -2.34. The molecule has 1 aliphatic heterocycles. The largest absolute Gasteiger partial charge is 0.379 e. The molecule has 1 amide bonds. The molecule has 0 aromatic heterocycles. The number of nitrogens with two attached hydrogens (primary N) is 1. The van der Waals surface area contributed by atoms with Crippen molar-refractivity contribution in [2.24, 2.45) is 5.73 Å². The highest BCUT2D eigenvalue weighted by Crippen LogP contribution is 2.31. The van der Waals surface area contributed by atoms with E-state index in [0.29, 0.717) is 19.6 Å². The summed E-state index contributed by atoms with van der Waals surface area (Å²) in [5.41, 5.74) is 6.07. The lowest BCUT2D eigenvalue weighted by molar-refractivity contribution is -0.135. The van der Waals surface area contributed by atoms with E-state index in [2.05, 4.69) is 0 Å². The van der Waals surface area contributed by atoms with Crippen LogP contribution in [-0.2, 0) is 14.3 Å². The van der Waals surface area contributed by atoms with Gasteiger partial charge < -0.3 is 20.1 Å². The summed E-state index contributed by atoms with van der Waals surface area (Å²) in [4.78, 5) is 14.3. The average Bonchev–Trinajstić information content (AvgIpc) is 2.90. The number of likely N-dealkylation sites (tertiary alicyclic amines) is 1. The molecule has 1 saturated carbocycles. The van der Waals surface area contributed by atoms with Gasteiger partial charge in [-0.1, -0.05) is 12.8 Å². The first kappa shape index (κ1) is 16.7. The smallest absolute Gasteiger partial charge is 0.224 e. The third kappa shape index (κ3) is 5.24. The summed E-state index contributed by atoms with van der Waals surface area (Å²) >= 11 is 0. The number of hydrogen-bond acceptors (Lipinski definition) is 4. The summed E-state index contributed by atoms with van der Waals surface area (Å²) < 4.78 is 11.0. The molecule has 1 aliphatic carbocycles. The summed E-state index contributed by atoms with van der Waals surface area (Å²) in [7, 11) is 0. The number of carbonyl (C=O) groups excluding carboxylic acids is 1. The number of nitrogens with zero attached hydrogens (tertiary/aromatic N) is 1. The minimum absolute atomic E-state index is 0.229. The SMILES string of the molecule is CCOCCOC1CCN(C(=O)CC2(N)CCCC2)CC1. The monoisotopic (exact) mass is 298 g/mol. The van der Waals surface area contributed by atoms with Crippen LogP contribution in [0.1, 0.15) is 51.9 Å². The van der Waals surface area contributed by atoms with Crippen molar-refractivity contribution in [2.45, 2.75) is 63.5 Å². The van der Waals surface area contributed by atoms with Crippen LogP contribution in [0.5, 0.6) is 0 Å². The van der Waals surface area contributed by atoms with E-state index in [-0.39, 0.29) is 17.6 Å². The Labute approximate surface area is 128 Å². The van der Waals surface area contributed by atoms with Gasteiger partial charge >= 0.3 is 0 Å². The lowest BCUT2D eigenvalue weighted by atomic mass is 9.93. The first-order valence-electron chi connectivity index (χ1n) is 8.39.